The van der Waals surface area contributed by atoms with Crippen LogP contribution in [0.1, 0.15) is 20.8 Å². The van der Waals surface area contributed by atoms with Gasteiger partial charge in [0.15, 0.2) is 0 Å². The largest absolute Gasteiger partial charge is 0.594 e. The van der Waals surface area contributed by atoms with Crippen LogP contribution < -0.4 is 0 Å². The molecule has 0 bridgehead atoms. The normalized spacial score (nSPS) is 10.8. The van der Waals surface area contributed by atoms with Crippen LogP contribution in [-0.2, 0) is 17.7 Å². The fraction of sp³-hybridized carbons (Fsp3) is 0.750. The molecule has 0 radical (unpaired) electrons. The summed E-state index contributed by atoms with van der Waals surface area (Å²) >= 11 is 0. The van der Waals surface area contributed by atoms with Crippen LogP contribution in [0, 0.1) is 11.7 Å². The summed E-state index contributed by atoms with van der Waals surface area (Å²) in [7, 11) is -2.20. The molecule has 0 aromatic heterocycles. The molecule has 82 valence electrons. The van der Waals surface area contributed by atoms with Crippen molar-refractivity contribution in [3.05, 3.63) is 0 Å². The van der Waals surface area contributed by atoms with Crippen molar-refractivity contribution >= 4 is 19.3 Å². The van der Waals surface area contributed by atoms with E-state index < -0.39 is 8.80 Å². The van der Waals surface area contributed by atoms with E-state index in [1.54, 1.807) is 0 Å². The Hall–Kier alpha value is -0.326. The van der Waals surface area contributed by atoms with Gasteiger partial charge in [0.25, 0.3) is 0 Å². The summed E-state index contributed by atoms with van der Waals surface area (Å²) in [4.78, 5) is 0. The van der Waals surface area contributed by atoms with Crippen molar-refractivity contribution in [1.82, 2.24) is 0 Å². The van der Waals surface area contributed by atoms with Crippen LogP contribution in [0.15, 0.2) is 0 Å². The number of hydrogen-bond acceptors (Lipinski definition) is 4. The van der Waals surface area contributed by atoms with E-state index >= 15 is 0 Å². The molecular weight excluding hydrogens is 216 g/mol. The van der Waals surface area contributed by atoms with Crippen molar-refractivity contribution in [1.29, 1.82) is 0 Å². The van der Waals surface area contributed by atoms with Gasteiger partial charge in [-0.15, -0.1) is 0 Å². The summed E-state index contributed by atoms with van der Waals surface area (Å²) < 4.78 is 21.2. The molecule has 0 amide bonds. The SMILES string of the molecule is CCO[Si](C#CO[SiH3])(OCC)OCC. The molecule has 0 unspecified atom stereocenters. The highest BCUT2D eigenvalue weighted by atomic mass is 28.4. The van der Waals surface area contributed by atoms with Gasteiger partial charge in [0.1, 0.15) is 0 Å². The van der Waals surface area contributed by atoms with Crippen molar-refractivity contribution in [2.45, 2.75) is 20.8 Å². The Morgan fingerprint density at radius 2 is 1.43 bits per heavy atom. The number of hydrogen-bond donors (Lipinski definition) is 0. The monoisotopic (exact) mass is 234 g/mol. The van der Waals surface area contributed by atoms with Gasteiger partial charge >= 0.3 is 8.80 Å². The van der Waals surface area contributed by atoms with E-state index in [2.05, 4.69) is 11.7 Å². The Balaban J connectivity index is 4.54. The maximum atomic E-state index is 5.47. The van der Waals surface area contributed by atoms with E-state index in [0.29, 0.717) is 30.3 Å². The molecule has 0 fully saturated rings. The second kappa shape index (κ2) is 8.02. The van der Waals surface area contributed by atoms with Crippen molar-refractivity contribution in [3.8, 4) is 11.7 Å². The summed E-state index contributed by atoms with van der Waals surface area (Å²) in [5, 5.41) is 0. The van der Waals surface area contributed by atoms with Gasteiger partial charge < -0.3 is 17.7 Å². The molecule has 0 aliphatic rings. The van der Waals surface area contributed by atoms with Crippen molar-refractivity contribution < 1.29 is 17.7 Å². The zero-order valence-electron chi connectivity index (χ0n) is 9.25. The van der Waals surface area contributed by atoms with Crippen molar-refractivity contribution in [3.63, 3.8) is 0 Å². The molecule has 0 rings (SSSR count). The summed E-state index contributed by atoms with van der Waals surface area (Å²) in [5.41, 5.74) is 2.82. The molecule has 0 heterocycles. The van der Waals surface area contributed by atoms with Crippen LogP contribution >= 0.6 is 0 Å². The van der Waals surface area contributed by atoms with Gasteiger partial charge in [0, 0.05) is 25.4 Å². The van der Waals surface area contributed by atoms with Crippen LogP contribution in [0.25, 0.3) is 0 Å². The van der Waals surface area contributed by atoms with Crippen LogP contribution in [0.2, 0.25) is 0 Å². The summed E-state index contributed by atoms with van der Waals surface area (Å²) in [6.07, 6.45) is 2.54. The van der Waals surface area contributed by atoms with Gasteiger partial charge in [-0.3, -0.25) is 0 Å². The Morgan fingerprint density at radius 1 is 1.00 bits per heavy atom. The molecule has 0 N–H and O–H groups in total. The van der Waals surface area contributed by atoms with Crippen LogP contribution in [-0.4, -0.2) is 39.1 Å². The zero-order valence-corrected chi connectivity index (χ0v) is 12.3. The average molecular weight is 234 g/mol. The van der Waals surface area contributed by atoms with Crippen molar-refractivity contribution in [2.75, 3.05) is 19.8 Å². The molecule has 4 nitrogen and oxygen atoms in total. The van der Waals surface area contributed by atoms with Gasteiger partial charge in [0.05, 0.1) is 6.11 Å². The Bertz CT molecular complexity index is 182. The number of rotatable bonds is 6. The van der Waals surface area contributed by atoms with Gasteiger partial charge in [0.2, 0.25) is 10.5 Å². The second-order valence-electron chi connectivity index (χ2n) is 2.29. The highest BCUT2D eigenvalue weighted by molar-refractivity contribution is 6.69. The minimum Gasteiger partial charge on any atom is -0.513 e. The molecule has 6 heteroatoms. The first-order valence-electron chi connectivity index (χ1n) is 4.71. The maximum Gasteiger partial charge on any atom is 0.594 e. The fourth-order valence-electron chi connectivity index (χ4n) is 0.917. The van der Waals surface area contributed by atoms with Gasteiger partial charge in [-0.2, -0.15) is 0 Å². The minimum atomic E-state index is -2.78. The predicted octanol–water partition coefficient (Wildman–Crippen LogP) is -0.168. The average Bonchev–Trinajstić information content (AvgIpc) is 2.16. The molecule has 0 aromatic rings. The first kappa shape index (κ1) is 13.7. The smallest absolute Gasteiger partial charge is 0.513 e. The lowest BCUT2D eigenvalue weighted by molar-refractivity contribution is 0.0869. The third-order valence-electron chi connectivity index (χ3n) is 1.31. The molecule has 0 aliphatic heterocycles. The lowest BCUT2D eigenvalue weighted by atomic mass is 10.9. The van der Waals surface area contributed by atoms with E-state index in [0.717, 1.165) is 0 Å². The van der Waals surface area contributed by atoms with Gasteiger partial charge in [-0.05, 0) is 20.8 Å². The fourth-order valence-corrected chi connectivity index (χ4v) is 3.06. The highest BCUT2D eigenvalue weighted by Gasteiger charge is 2.39. The quantitative estimate of drug-likeness (QED) is 0.472. The highest BCUT2D eigenvalue weighted by Crippen LogP contribution is 2.08. The second-order valence-corrected chi connectivity index (χ2v) is 4.92. The predicted molar refractivity (Wildman–Crippen MR) is 59.4 cm³/mol. The third kappa shape index (κ3) is 4.78. The van der Waals surface area contributed by atoms with E-state index in [9.17, 15) is 0 Å². The van der Waals surface area contributed by atoms with Crippen LogP contribution in [0.5, 0.6) is 0 Å². The Kier molecular flexibility index (Phi) is 7.83. The van der Waals surface area contributed by atoms with E-state index in [4.69, 9.17) is 17.7 Å². The van der Waals surface area contributed by atoms with E-state index in [1.807, 2.05) is 20.8 Å². The Morgan fingerprint density at radius 3 is 1.71 bits per heavy atom. The molecule has 0 atom stereocenters. The van der Waals surface area contributed by atoms with E-state index in [1.165, 1.54) is 0 Å². The minimum absolute atomic E-state index is 0.530. The molecular formula is C8H18O4Si2. The first-order valence-corrected chi connectivity index (χ1v) is 7.25. The molecule has 0 saturated heterocycles. The molecule has 14 heavy (non-hydrogen) atoms. The topological polar surface area (TPSA) is 36.9 Å². The molecule has 0 aliphatic carbocycles. The standard InChI is InChI=1S/C8H18O4Si2/c1-4-10-14(11-5-2,12-6-3)8-7-9-13/h4-6H2,1-3,13H3. The van der Waals surface area contributed by atoms with Crippen molar-refractivity contribution in [2.24, 2.45) is 0 Å². The van der Waals surface area contributed by atoms with Gasteiger partial charge in [-0.25, -0.2) is 0 Å². The lowest BCUT2D eigenvalue weighted by Crippen LogP contribution is -2.45. The van der Waals surface area contributed by atoms with Crippen LogP contribution in [0.3, 0.4) is 0 Å². The maximum absolute atomic E-state index is 5.47. The van der Waals surface area contributed by atoms with E-state index in [-0.39, 0.29) is 0 Å². The summed E-state index contributed by atoms with van der Waals surface area (Å²) in [6.45, 7) is 7.27. The summed E-state index contributed by atoms with van der Waals surface area (Å²) in [5.74, 6) is 0. The Labute approximate surface area is 89.8 Å². The summed E-state index contributed by atoms with van der Waals surface area (Å²) in [6, 6.07) is 0. The molecule has 0 spiro atoms. The van der Waals surface area contributed by atoms with Crippen LogP contribution in [0.4, 0.5) is 0 Å². The van der Waals surface area contributed by atoms with Gasteiger partial charge in [-0.1, -0.05) is 0 Å². The first-order chi connectivity index (χ1) is 6.74. The zero-order chi connectivity index (χ0) is 10.9. The third-order valence-corrected chi connectivity index (χ3v) is 3.93. The molecule has 0 aromatic carbocycles. The lowest BCUT2D eigenvalue weighted by Gasteiger charge is -2.22. The molecule has 0 saturated carbocycles.